The summed E-state index contributed by atoms with van der Waals surface area (Å²) in [7, 11) is 0. The van der Waals surface area contributed by atoms with E-state index in [-0.39, 0.29) is 11.6 Å². The van der Waals surface area contributed by atoms with Crippen LogP contribution in [-0.4, -0.2) is 37.1 Å². The molecule has 140 valence electrons. The van der Waals surface area contributed by atoms with Gasteiger partial charge in [-0.05, 0) is 29.3 Å². The molecule has 2 aromatic carbocycles. The van der Waals surface area contributed by atoms with Crippen molar-refractivity contribution in [3.05, 3.63) is 75.8 Å². The number of ether oxygens (including phenoxy) is 1. The lowest BCUT2D eigenvalue weighted by molar-refractivity contribution is -0.384. The molecule has 27 heavy (non-hydrogen) atoms. The third-order valence-electron chi connectivity index (χ3n) is 4.29. The van der Waals surface area contributed by atoms with Crippen molar-refractivity contribution in [2.24, 2.45) is 0 Å². The first-order chi connectivity index (χ1) is 13.1. The predicted molar refractivity (Wildman–Crippen MR) is 103 cm³/mol. The number of nitro benzene ring substituents is 1. The van der Waals surface area contributed by atoms with Crippen LogP contribution in [0.3, 0.4) is 0 Å². The second-order valence-corrected chi connectivity index (χ2v) is 6.17. The number of morpholine rings is 1. The lowest BCUT2D eigenvalue weighted by Gasteiger charge is -2.28. The fraction of sp³-hybridized carbons (Fsp3) is 0.250. The van der Waals surface area contributed by atoms with Crippen LogP contribution < -0.4 is 10.2 Å². The standard InChI is InChI=1S/C20H21N3O4/c24-20(9-6-16-2-1-3-19(14-16)23(25)26)21-15-17-4-7-18(8-5-17)22-10-12-27-13-11-22/h1-9,14H,10-13,15H2,(H,21,24)/b9-6+. The molecule has 1 saturated heterocycles. The number of carbonyl (C=O) groups is 1. The van der Waals surface area contributed by atoms with Crippen molar-refractivity contribution in [3.8, 4) is 0 Å². The number of benzene rings is 2. The number of nitrogens with one attached hydrogen (secondary N) is 1. The van der Waals surface area contributed by atoms with E-state index >= 15 is 0 Å². The summed E-state index contributed by atoms with van der Waals surface area (Å²) < 4.78 is 5.35. The maximum Gasteiger partial charge on any atom is 0.270 e. The van der Waals surface area contributed by atoms with Crippen molar-refractivity contribution in [2.45, 2.75) is 6.54 Å². The highest BCUT2D eigenvalue weighted by molar-refractivity contribution is 5.91. The van der Waals surface area contributed by atoms with Crippen LogP contribution in [0.25, 0.3) is 6.08 Å². The van der Waals surface area contributed by atoms with Gasteiger partial charge in [-0.25, -0.2) is 0 Å². The van der Waals surface area contributed by atoms with Crippen molar-refractivity contribution in [2.75, 3.05) is 31.2 Å². The molecule has 1 aliphatic rings. The molecule has 1 amide bonds. The number of nitrogens with zero attached hydrogens (tertiary/aromatic N) is 2. The minimum Gasteiger partial charge on any atom is -0.378 e. The van der Waals surface area contributed by atoms with Crippen LogP contribution >= 0.6 is 0 Å². The van der Waals surface area contributed by atoms with Gasteiger partial charge in [0.1, 0.15) is 0 Å². The van der Waals surface area contributed by atoms with Crippen molar-refractivity contribution < 1.29 is 14.5 Å². The highest BCUT2D eigenvalue weighted by Gasteiger charge is 2.10. The topological polar surface area (TPSA) is 84.7 Å². The fourth-order valence-corrected chi connectivity index (χ4v) is 2.81. The lowest BCUT2D eigenvalue weighted by Crippen LogP contribution is -2.36. The van der Waals surface area contributed by atoms with E-state index in [1.54, 1.807) is 18.2 Å². The Kier molecular flexibility index (Phi) is 6.17. The quantitative estimate of drug-likeness (QED) is 0.482. The number of nitro groups is 1. The molecule has 0 saturated carbocycles. The van der Waals surface area contributed by atoms with Crippen molar-refractivity contribution >= 4 is 23.4 Å². The Bertz CT molecular complexity index is 827. The van der Waals surface area contributed by atoms with Gasteiger partial charge in [0.2, 0.25) is 5.91 Å². The summed E-state index contributed by atoms with van der Waals surface area (Å²) in [6.07, 6.45) is 2.94. The molecule has 0 bridgehead atoms. The van der Waals surface area contributed by atoms with Gasteiger partial charge < -0.3 is 15.0 Å². The number of amides is 1. The van der Waals surface area contributed by atoms with Gasteiger partial charge in [-0.2, -0.15) is 0 Å². The smallest absolute Gasteiger partial charge is 0.270 e. The second kappa shape index (κ2) is 8.95. The van der Waals surface area contributed by atoms with E-state index in [1.165, 1.54) is 18.2 Å². The Morgan fingerprint density at radius 3 is 2.63 bits per heavy atom. The molecule has 1 aliphatic heterocycles. The fourth-order valence-electron chi connectivity index (χ4n) is 2.81. The van der Waals surface area contributed by atoms with E-state index < -0.39 is 4.92 Å². The third-order valence-corrected chi connectivity index (χ3v) is 4.29. The number of non-ortho nitro benzene ring substituents is 1. The molecule has 0 aliphatic carbocycles. The number of hydrogen-bond donors (Lipinski definition) is 1. The molecule has 0 spiro atoms. The first kappa shape index (κ1) is 18.6. The highest BCUT2D eigenvalue weighted by Crippen LogP contribution is 2.17. The SMILES string of the molecule is O=C(/C=C/c1cccc([N+](=O)[O-])c1)NCc1ccc(N2CCOCC2)cc1. The summed E-state index contributed by atoms with van der Waals surface area (Å²) in [5.41, 5.74) is 2.76. The average molecular weight is 367 g/mol. The van der Waals surface area contributed by atoms with Crippen LogP contribution in [0.15, 0.2) is 54.6 Å². The summed E-state index contributed by atoms with van der Waals surface area (Å²) in [5, 5.41) is 13.6. The molecular formula is C20H21N3O4. The molecule has 7 heteroatoms. The van der Waals surface area contributed by atoms with Gasteiger partial charge in [0.15, 0.2) is 0 Å². The molecule has 1 N–H and O–H groups in total. The molecule has 1 heterocycles. The Morgan fingerprint density at radius 2 is 1.93 bits per heavy atom. The minimum absolute atomic E-state index is 0.00193. The van der Waals surface area contributed by atoms with Crippen LogP contribution in [0.5, 0.6) is 0 Å². The van der Waals surface area contributed by atoms with Gasteiger partial charge >= 0.3 is 0 Å². The number of carbonyl (C=O) groups excluding carboxylic acids is 1. The molecule has 0 aromatic heterocycles. The van der Waals surface area contributed by atoms with E-state index in [0.29, 0.717) is 12.1 Å². The van der Waals surface area contributed by atoms with E-state index in [0.717, 1.165) is 37.6 Å². The Morgan fingerprint density at radius 1 is 1.19 bits per heavy atom. The Balaban J connectivity index is 1.51. The number of hydrogen-bond acceptors (Lipinski definition) is 5. The lowest BCUT2D eigenvalue weighted by atomic mass is 10.1. The van der Waals surface area contributed by atoms with Crippen LogP contribution in [-0.2, 0) is 16.1 Å². The van der Waals surface area contributed by atoms with Crippen molar-refractivity contribution in [1.29, 1.82) is 0 Å². The average Bonchev–Trinajstić information content (AvgIpc) is 2.72. The van der Waals surface area contributed by atoms with Gasteiger partial charge in [0.25, 0.3) is 5.69 Å². The Hall–Kier alpha value is -3.19. The van der Waals surface area contributed by atoms with Gasteiger partial charge in [-0.15, -0.1) is 0 Å². The van der Waals surface area contributed by atoms with E-state index in [2.05, 4.69) is 10.2 Å². The summed E-state index contributed by atoms with van der Waals surface area (Å²) in [6.45, 7) is 3.68. The molecule has 2 aromatic rings. The van der Waals surface area contributed by atoms with Gasteiger partial charge in [-0.1, -0.05) is 24.3 Å². The van der Waals surface area contributed by atoms with E-state index in [1.807, 2.05) is 24.3 Å². The normalized spacial score (nSPS) is 14.3. The summed E-state index contributed by atoms with van der Waals surface area (Å²) in [6, 6.07) is 14.2. The summed E-state index contributed by atoms with van der Waals surface area (Å²) in [5.74, 6) is -0.251. The maximum absolute atomic E-state index is 12.0. The minimum atomic E-state index is -0.460. The molecule has 1 fully saturated rings. The monoisotopic (exact) mass is 367 g/mol. The van der Waals surface area contributed by atoms with E-state index in [9.17, 15) is 14.9 Å². The molecule has 0 radical (unpaired) electrons. The molecule has 3 rings (SSSR count). The summed E-state index contributed by atoms with van der Waals surface area (Å²) >= 11 is 0. The number of anilines is 1. The molecule has 0 atom stereocenters. The van der Waals surface area contributed by atoms with Crippen LogP contribution in [0.4, 0.5) is 11.4 Å². The zero-order valence-electron chi connectivity index (χ0n) is 14.8. The molecule has 7 nitrogen and oxygen atoms in total. The van der Waals surface area contributed by atoms with Crippen LogP contribution in [0, 0.1) is 10.1 Å². The number of rotatable bonds is 6. The molecule has 0 unspecified atom stereocenters. The van der Waals surface area contributed by atoms with Gasteiger partial charge in [-0.3, -0.25) is 14.9 Å². The Labute approximate surface area is 157 Å². The predicted octanol–water partition coefficient (Wildman–Crippen LogP) is 2.76. The first-order valence-electron chi connectivity index (χ1n) is 8.74. The second-order valence-electron chi connectivity index (χ2n) is 6.17. The van der Waals surface area contributed by atoms with Crippen LogP contribution in [0.1, 0.15) is 11.1 Å². The van der Waals surface area contributed by atoms with Crippen LogP contribution in [0.2, 0.25) is 0 Å². The largest absolute Gasteiger partial charge is 0.378 e. The highest BCUT2D eigenvalue weighted by atomic mass is 16.6. The van der Waals surface area contributed by atoms with Crippen molar-refractivity contribution in [1.82, 2.24) is 5.32 Å². The first-order valence-corrected chi connectivity index (χ1v) is 8.74. The zero-order valence-corrected chi connectivity index (χ0v) is 14.8. The van der Waals surface area contributed by atoms with Crippen molar-refractivity contribution in [3.63, 3.8) is 0 Å². The van der Waals surface area contributed by atoms with Gasteiger partial charge in [0, 0.05) is 43.5 Å². The van der Waals surface area contributed by atoms with E-state index in [4.69, 9.17) is 4.74 Å². The van der Waals surface area contributed by atoms with Gasteiger partial charge in [0.05, 0.1) is 18.1 Å². The third kappa shape index (κ3) is 5.39. The maximum atomic E-state index is 12.0. The molecular weight excluding hydrogens is 346 g/mol. The zero-order chi connectivity index (χ0) is 19.1. The summed E-state index contributed by atoms with van der Waals surface area (Å²) in [4.78, 5) is 24.5.